The number of alkyl halides is 3. The highest BCUT2D eigenvalue weighted by molar-refractivity contribution is 7.80. The molecule has 1 rings (SSSR count). The highest BCUT2D eigenvalue weighted by Gasteiger charge is 2.30. The number of amides is 2. The number of halogens is 3. The Morgan fingerprint density at radius 2 is 1.75 bits per heavy atom. The molecule has 36 heavy (non-hydrogen) atoms. The number of ether oxygens (including phenoxy) is 4. The molecule has 0 spiro atoms. The van der Waals surface area contributed by atoms with E-state index in [0.717, 1.165) is 4.90 Å². The predicted molar refractivity (Wildman–Crippen MR) is 127 cm³/mol. The van der Waals surface area contributed by atoms with Gasteiger partial charge in [-0.25, -0.2) is 27.6 Å². The smallest absolute Gasteiger partial charge is 0.413 e. The average Bonchev–Trinajstić information content (AvgIpc) is 3.24. The summed E-state index contributed by atoms with van der Waals surface area (Å²) in [6, 6.07) is 1.39. The van der Waals surface area contributed by atoms with Crippen molar-refractivity contribution in [3.05, 3.63) is 18.0 Å². The quantitative estimate of drug-likeness (QED) is 0.219. The zero-order chi connectivity index (χ0) is 27.5. The molecule has 0 aliphatic heterocycles. The van der Waals surface area contributed by atoms with Crippen LogP contribution in [0.5, 0.6) is 0 Å². The summed E-state index contributed by atoms with van der Waals surface area (Å²) >= 11 is 5.25. The fourth-order valence-corrected chi connectivity index (χ4v) is 2.94. The molecule has 0 aromatic carbocycles. The third kappa shape index (κ3) is 10.7. The van der Waals surface area contributed by atoms with Crippen molar-refractivity contribution < 1.29 is 46.5 Å². The van der Waals surface area contributed by atoms with Gasteiger partial charge in [-0.05, 0) is 52.9 Å². The van der Waals surface area contributed by atoms with Gasteiger partial charge in [-0.2, -0.15) is 0 Å². The lowest BCUT2D eigenvalue weighted by molar-refractivity contribution is -0.153. The van der Waals surface area contributed by atoms with Crippen LogP contribution in [0.25, 0.3) is 0 Å². The number of aromatic amines is 1. The second kappa shape index (κ2) is 14.5. The number of aromatic nitrogens is 1. The fourth-order valence-electron chi connectivity index (χ4n) is 2.68. The van der Waals surface area contributed by atoms with Crippen molar-refractivity contribution >= 4 is 41.2 Å². The van der Waals surface area contributed by atoms with Crippen LogP contribution >= 0.6 is 12.2 Å². The number of esters is 1. The minimum Gasteiger partial charge on any atom is -0.461 e. The molecule has 2 atom stereocenters. The molecule has 15 heteroatoms. The van der Waals surface area contributed by atoms with Gasteiger partial charge < -0.3 is 34.1 Å². The summed E-state index contributed by atoms with van der Waals surface area (Å²) in [7, 11) is 0. The van der Waals surface area contributed by atoms with E-state index in [4.69, 9.17) is 31.2 Å². The van der Waals surface area contributed by atoms with Gasteiger partial charge >= 0.3 is 18.2 Å². The Kier molecular flexibility index (Phi) is 12.5. The summed E-state index contributed by atoms with van der Waals surface area (Å²) in [5.41, 5.74) is -0.883. The van der Waals surface area contributed by atoms with Crippen LogP contribution in [-0.4, -0.2) is 79.0 Å². The summed E-state index contributed by atoms with van der Waals surface area (Å²) < 4.78 is 59.3. The van der Waals surface area contributed by atoms with Gasteiger partial charge in [0.15, 0.2) is 5.11 Å². The monoisotopic (exact) mass is 540 g/mol. The number of nitrogens with one attached hydrogen (secondary N) is 3. The Labute approximate surface area is 211 Å². The van der Waals surface area contributed by atoms with Crippen molar-refractivity contribution in [1.29, 1.82) is 0 Å². The summed E-state index contributed by atoms with van der Waals surface area (Å²) in [6.07, 6.45) is -8.40. The number of H-pyrrole nitrogens is 1. The van der Waals surface area contributed by atoms with E-state index in [-0.39, 0.29) is 29.7 Å². The molecular formula is C21H31F3N4O7S. The molecule has 1 aromatic rings. The Morgan fingerprint density at radius 1 is 1.11 bits per heavy atom. The van der Waals surface area contributed by atoms with Crippen LogP contribution in [0.1, 0.15) is 45.1 Å². The molecule has 11 nitrogen and oxygen atoms in total. The second-order valence-electron chi connectivity index (χ2n) is 8.05. The Hall–Kier alpha value is -3.07. The van der Waals surface area contributed by atoms with Crippen LogP contribution in [0.3, 0.4) is 0 Å². The maximum atomic E-state index is 13.8. The molecule has 1 heterocycles. The van der Waals surface area contributed by atoms with Gasteiger partial charge in [-0.15, -0.1) is 0 Å². The Bertz CT molecular complexity index is 895. The van der Waals surface area contributed by atoms with Crippen molar-refractivity contribution in [3.8, 4) is 0 Å². The molecule has 0 aliphatic carbocycles. The van der Waals surface area contributed by atoms with Gasteiger partial charge in [0.05, 0.1) is 31.5 Å². The van der Waals surface area contributed by atoms with Gasteiger partial charge in [-0.3, -0.25) is 5.32 Å². The first kappa shape index (κ1) is 31.0. The van der Waals surface area contributed by atoms with Gasteiger partial charge in [0, 0.05) is 12.7 Å². The second-order valence-corrected chi connectivity index (χ2v) is 8.43. The molecule has 3 N–H and O–H groups in total. The lowest BCUT2D eigenvalue weighted by atomic mass is 10.2. The molecule has 2 unspecified atom stereocenters. The molecule has 0 aliphatic rings. The Balaban J connectivity index is 3.27. The van der Waals surface area contributed by atoms with Crippen molar-refractivity contribution in [3.63, 3.8) is 0 Å². The van der Waals surface area contributed by atoms with E-state index in [1.54, 1.807) is 34.6 Å². The first-order valence-corrected chi connectivity index (χ1v) is 11.3. The van der Waals surface area contributed by atoms with Crippen LogP contribution in [0, 0.1) is 0 Å². The van der Waals surface area contributed by atoms with Crippen molar-refractivity contribution in [2.45, 2.75) is 59.1 Å². The first-order valence-electron chi connectivity index (χ1n) is 10.9. The number of hydrogen-bond acceptors (Lipinski definition) is 8. The van der Waals surface area contributed by atoms with E-state index >= 15 is 0 Å². The van der Waals surface area contributed by atoms with Crippen LogP contribution in [0.4, 0.5) is 28.4 Å². The van der Waals surface area contributed by atoms with Gasteiger partial charge in [0.1, 0.15) is 11.3 Å². The number of thiocarbonyl (C=S) groups is 1. The van der Waals surface area contributed by atoms with E-state index in [9.17, 15) is 27.6 Å². The Morgan fingerprint density at radius 3 is 2.31 bits per heavy atom. The molecule has 0 fully saturated rings. The molecule has 204 valence electrons. The first-order chi connectivity index (χ1) is 16.8. The van der Waals surface area contributed by atoms with Crippen LogP contribution in [-0.2, 0) is 18.9 Å². The standard InChI is InChI=1S/C21H31F3N4O7S/c1-6-32-17(29)14-13(8-9-25-14)28(18(36)27-20(31)33-7-2)11-12(34-16(24)15(22)23)10-26-19(30)35-21(3,4)5/h8-9,12,15-16,25H,6-7,10-11H2,1-5H3,(H,26,30)(H,27,31,36). The molecule has 2 amide bonds. The normalized spacial score (nSPS) is 12.9. The number of rotatable bonds is 11. The number of carbonyl (C=O) groups excluding carboxylic acids is 3. The molecule has 0 bridgehead atoms. The number of nitrogens with zero attached hydrogens (tertiary/aromatic N) is 1. The summed E-state index contributed by atoms with van der Waals surface area (Å²) in [5, 5.41) is 4.26. The van der Waals surface area contributed by atoms with Gasteiger partial charge in [0.25, 0.3) is 12.8 Å². The summed E-state index contributed by atoms with van der Waals surface area (Å²) in [4.78, 5) is 40.2. The largest absolute Gasteiger partial charge is 0.461 e. The third-order valence-electron chi connectivity index (χ3n) is 4.00. The maximum absolute atomic E-state index is 13.8. The van der Waals surface area contributed by atoms with E-state index < -0.39 is 55.7 Å². The van der Waals surface area contributed by atoms with Crippen molar-refractivity contribution in [2.24, 2.45) is 0 Å². The van der Waals surface area contributed by atoms with E-state index in [2.05, 4.69) is 15.6 Å². The maximum Gasteiger partial charge on any atom is 0.413 e. The van der Waals surface area contributed by atoms with E-state index in [1.807, 2.05) is 0 Å². The minimum atomic E-state index is -3.48. The van der Waals surface area contributed by atoms with Gasteiger partial charge in [0.2, 0.25) is 0 Å². The zero-order valence-corrected chi connectivity index (χ0v) is 21.4. The average molecular weight is 541 g/mol. The number of carbonyl (C=O) groups is 3. The predicted octanol–water partition coefficient (Wildman–Crippen LogP) is 3.50. The van der Waals surface area contributed by atoms with Gasteiger partial charge in [-0.1, -0.05) is 0 Å². The molecule has 0 saturated carbocycles. The summed E-state index contributed by atoms with van der Waals surface area (Å²) in [5.74, 6) is -0.776. The molecule has 0 saturated heterocycles. The fraction of sp³-hybridized carbons (Fsp3) is 0.619. The van der Waals surface area contributed by atoms with Crippen LogP contribution < -0.4 is 15.5 Å². The minimum absolute atomic E-state index is 0.0239. The van der Waals surface area contributed by atoms with E-state index in [0.29, 0.717) is 0 Å². The van der Waals surface area contributed by atoms with Crippen molar-refractivity contribution in [1.82, 2.24) is 15.6 Å². The molecule has 0 radical (unpaired) electrons. The SMILES string of the molecule is CCOC(=O)NC(=S)N(CC(CNC(=O)OC(C)(C)C)OC(F)C(F)F)c1cc[nH]c1C(=O)OCC. The highest BCUT2D eigenvalue weighted by atomic mass is 32.1. The molecular weight excluding hydrogens is 509 g/mol. The van der Waals surface area contributed by atoms with E-state index in [1.165, 1.54) is 12.3 Å². The van der Waals surface area contributed by atoms with Crippen LogP contribution in [0.15, 0.2) is 12.3 Å². The molecule has 1 aromatic heterocycles. The lowest BCUT2D eigenvalue weighted by Gasteiger charge is -2.30. The van der Waals surface area contributed by atoms with Crippen molar-refractivity contribution in [2.75, 3.05) is 31.2 Å². The lowest BCUT2D eigenvalue weighted by Crippen LogP contribution is -2.50. The summed E-state index contributed by atoms with van der Waals surface area (Å²) in [6.45, 7) is 7.07. The topological polar surface area (TPSA) is 131 Å². The zero-order valence-electron chi connectivity index (χ0n) is 20.6. The van der Waals surface area contributed by atoms with Crippen LogP contribution in [0.2, 0.25) is 0 Å². The number of hydrogen-bond donors (Lipinski definition) is 3. The third-order valence-corrected chi connectivity index (χ3v) is 4.33. The number of anilines is 1. The highest BCUT2D eigenvalue weighted by Crippen LogP contribution is 2.23. The number of alkyl carbamates (subject to hydrolysis) is 2.